The molecule has 3 aromatic rings. The molecule has 3 rings (SSSR count). The van der Waals surface area contributed by atoms with Crippen LogP contribution in [-0.2, 0) is 11.2 Å². The minimum Gasteiger partial charge on any atom is -0.385 e. The van der Waals surface area contributed by atoms with Gasteiger partial charge in [0.1, 0.15) is 0 Å². The van der Waals surface area contributed by atoms with E-state index < -0.39 is 0 Å². The van der Waals surface area contributed by atoms with Crippen LogP contribution in [0.2, 0.25) is 0 Å². The fraction of sp³-hybridized carbons (Fsp3) is 0.211. The van der Waals surface area contributed by atoms with E-state index in [2.05, 4.69) is 40.0 Å². The Morgan fingerprint density at radius 3 is 2.57 bits per heavy atom. The first-order chi connectivity index (χ1) is 11.3. The van der Waals surface area contributed by atoms with E-state index in [-0.39, 0.29) is 5.91 Å². The Bertz CT molecular complexity index is 790. The van der Waals surface area contributed by atoms with Crippen molar-refractivity contribution >= 4 is 28.2 Å². The summed E-state index contributed by atoms with van der Waals surface area (Å²) in [5.74, 6) is 0.0324. The first-order valence-corrected chi connectivity index (χ1v) is 7.95. The maximum atomic E-state index is 11.3. The lowest BCUT2D eigenvalue weighted by Crippen LogP contribution is -2.09. The van der Waals surface area contributed by atoms with E-state index >= 15 is 0 Å². The van der Waals surface area contributed by atoms with Crippen LogP contribution in [0.4, 0.5) is 11.4 Å². The quantitative estimate of drug-likeness (QED) is 0.640. The zero-order valence-electron chi connectivity index (χ0n) is 13.2. The number of benzene rings is 2. The van der Waals surface area contributed by atoms with Gasteiger partial charge in [0.15, 0.2) is 0 Å². The molecule has 0 aliphatic carbocycles. The van der Waals surface area contributed by atoms with Crippen molar-refractivity contribution < 1.29 is 4.79 Å². The molecule has 1 aromatic heterocycles. The third kappa shape index (κ3) is 3.72. The fourth-order valence-electron chi connectivity index (χ4n) is 2.60. The van der Waals surface area contributed by atoms with Crippen molar-refractivity contribution in [1.82, 2.24) is 4.98 Å². The molecule has 0 atom stereocenters. The molecule has 0 saturated carbocycles. The molecule has 0 saturated heterocycles. The molecule has 0 aliphatic rings. The van der Waals surface area contributed by atoms with E-state index in [0.717, 1.165) is 24.3 Å². The molecule has 0 radical (unpaired) electrons. The maximum absolute atomic E-state index is 11.3. The van der Waals surface area contributed by atoms with Gasteiger partial charge in [0.2, 0.25) is 5.91 Å². The number of nitrogens with one attached hydrogen (secondary N) is 3. The maximum Gasteiger partial charge on any atom is 0.224 e. The van der Waals surface area contributed by atoms with E-state index in [1.165, 1.54) is 16.5 Å². The summed E-state index contributed by atoms with van der Waals surface area (Å²) in [4.78, 5) is 14.6. The average Bonchev–Trinajstić information content (AvgIpc) is 3.00. The smallest absolute Gasteiger partial charge is 0.224 e. The Kier molecular flexibility index (Phi) is 4.62. The highest BCUT2D eigenvalue weighted by molar-refractivity contribution is 5.90. The van der Waals surface area contributed by atoms with Crippen LogP contribution in [0.5, 0.6) is 0 Å². The van der Waals surface area contributed by atoms with Crippen molar-refractivity contribution in [3.05, 3.63) is 60.3 Å². The standard InChI is InChI=1S/C19H21N3O/c1-2-19(23)22-16-9-7-15(8-10-16)20-12-11-14-13-21-18-6-4-3-5-17(14)18/h3-10,13,20-21H,2,11-12H2,1H3,(H,22,23). The minimum atomic E-state index is 0.0324. The van der Waals surface area contributed by atoms with Gasteiger partial charge in [-0.1, -0.05) is 25.1 Å². The van der Waals surface area contributed by atoms with Crippen molar-refractivity contribution in [1.29, 1.82) is 0 Å². The highest BCUT2D eigenvalue weighted by atomic mass is 16.1. The van der Waals surface area contributed by atoms with Gasteiger partial charge in [0.25, 0.3) is 0 Å². The van der Waals surface area contributed by atoms with E-state index in [1.807, 2.05) is 37.3 Å². The second-order valence-corrected chi connectivity index (χ2v) is 5.52. The molecule has 0 unspecified atom stereocenters. The molecular formula is C19H21N3O. The van der Waals surface area contributed by atoms with Crippen LogP contribution in [0, 0.1) is 0 Å². The summed E-state index contributed by atoms with van der Waals surface area (Å²) in [6, 6.07) is 16.2. The van der Waals surface area contributed by atoms with E-state index in [1.54, 1.807) is 0 Å². The van der Waals surface area contributed by atoms with Gasteiger partial charge in [0, 0.05) is 41.4 Å². The molecule has 1 heterocycles. The SMILES string of the molecule is CCC(=O)Nc1ccc(NCCc2c[nH]c3ccccc23)cc1. The second-order valence-electron chi connectivity index (χ2n) is 5.52. The summed E-state index contributed by atoms with van der Waals surface area (Å²) < 4.78 is 0. The van der Waals surface area contributed by atoms with E-state index in [4.69, 9.17) is 0 Å². The van der Waals surface area contributed by atoms with E-state index in [9.17, 15) is 4.79 Å². The van der Waals surface area contributed by atoms with Crippen LogP contribution in [-0.4, -0.2) is 17.4 Å². The van der Waals surface area contributed by atoms with Gasteiger partial charge in [0.05, 0.1) is 0 Å². The number of H-pyrrole nitrogens is 1. The number of fused-ring (bicyclic) bond motifs is 1. The molecule has 1 amide bonds. The van der Waals surface area contributed by atoms with Gasteiger partial charge in [-0.25, -0.2) is 0 Å². The normalized spacial score (nSPS) is 10.7. The van der Waals surface area contributed by atoms with Gasteiger partial charge in [-0.15, -0.1) is 0 Å². The lowest BCUT2D eigenvalue weighted by Gasteiger charge is -2.08. The number of hydrogen-bond donors (Lipinski definition) is 3. The Morgan fingerprint density at radius 1 is 1.04 bits per heavy atom. The predicted octanol–water partition coefficient (Wildman–Crippen LogP) is 4.17. The Hall–Kier alpha value is -2.75. The van der Waals surface area contributed by atoms with Crippen molar-refractivity contribution in [2.24, 2.45) is 0 Å². The van der Waals surface area contributed by atoms with Crippen LogP contribution < -0.4 is 10.6 Å². The lowest BCUT2D eigenvalue weighted by molar-refractivity contribution is -0.115. The summed E-state index contributed by atoms with van der Waals surface area (Å²) in [6.07, 6.45) is 3.53. The Labute approximate surface area is 135 Å². The molecule has 23 heavy (non-hydrogen) atoms. The van der Waals surface area contributed by atoms with Crippen molar-refractivity contribution in [2.45, 2.75) is 19.8 Å². The van der Waals surface area contributed by atoms with Gasteiger partial charge in [-0.2, -0.15) is 0 Å². The largest absolute Gasteiger partial charge is 0.385 e. The molecule has 2 aromatic carbocycles. The molecule has 4 heteroatoms. The molecule has 0 fully saturated rings. The second kappa shape index (κ2) is 7.01. The number of aromatic amines is 1. The zero-order valence-corrected chi connectivity index (χ0v) is 13.2. The summed E-state index contributed by atoms with van der Waals surface area (Å²) in [5, 5.41) is 7.55. The molecule has 0 spiro atoms. The van der Waals surface area contributed by atoms with Crippen LogP contribution in [0.15, 0.2) is 54.7 Å². The molecule has 0 bridgehead atoms. The van der Waals surface area contributed by atoms with Crippen LogP contribution in [0.25, 0.3) is 10.9 Å². The van der Waals surface area contributed by atoms with Crippen LogP contribution >= 0.6 is 0 Å². The Balaban J connectivity index is 1.55. The molecular weight excluding hydrogens is 286 g/mol. The summed E-state index contributed by atoms with van der Waals surface area (Å²) >= 11 is 0. The number of rotatable bonds is 6. The van der Waals surface area contributed by atoms with E-state index in [0.29, 0.717) is 6.42 Å². The number of hydrogen-bond acceptors (Lipinski definition) is 2. The number of aromatic nitrogens is 1. The average molecular weight is 307 g/mol. The van der Waals surface area contributed by atoms with Gasteiger partial charge in [-0.05, 0) is 42.3 Å². The first kappa shape index (κ1) is 15.2. The zero-order chi connectivity index (χ0) is 16.1. The van der Waals surface area contributed by atoms with Crippen molar-refractivity contribution in [3.8, 4) is 0 Å². The van der Waals surface area contributed by atoms with Crippen molar-refractivity contribution in [3.63, 3.8) is 0 Å². The third-order valence-corrected chi connectivity index (χ3v) is 3.89. The predicted molar refractivity (Wildman–Crippen MR) is 95.9 cm³/mol. The summed E-state index contributed by atoms with van der Waals surface area (Å²) in [5.41, 5.74) is 4.39. The number of para-hydroxylation sites is 1. The highest BCUT2D eigenvalue weighted by Gasteiger charge is 2.03. The fourth-order valence-corrected chi connectivity index (χ4v) is 2.60. The monoisotopic (exact) mass is 307 g/mol. The van der Waals surface area contributed by atoms with Gasteiger partial charge < -0.3 is 15.6 Å². The molecule has 0 aliphatic heterocycles. The number of carbonyl (C=O) groups is 1. The summed E-state index contributed by atoms with van der Waals surface area (Å²) in [7, 11) is 0. The third-order valence-electron chi connectivity index (χ3n) is 3.89. The van der Waals surface area contributed by atoms with Crippen molar-refractivity contribution in [2.75, 3.05) is 17.2 Å². The first-order valence-electron chi connectivity index (χ1n) is 7.95. The van der Waals surface area contributed by atoms with Crippen LogP contribution in [0.1, 0.15) is 18.9 Å². The number of carbonyl (C=O) groups excluding carboxylic acids is 1. The molecule has 118 valence electrons. The topological polar surface area (TPSA) is 56.9 Å². The highest BCUT2D eigenvalue weighted by Crippen LogP contribution is 2.19. The lowest BCUT2D eigenvalue weighted by atomic mass is 10.1. The minimum absolute atomic E-state index is 0.0324. The van der Waals surface area contributed by atoms with Gasteiger partial charge >= 0.3 is 0 Å². The Morgan fingerprint density at radius 2 is 1.78 bits per heavy atom. The van der Waals surface area contributed by atoms with Crippen LogP contribution in [0.3, 0.4) is 0 Å². The number of anilines is 2. The molecule has 3 N–H and O–H groups in total. The molecule has 4 nitrogen and oxygen atoms in total. The summed E-state index contributed by atoms with van der Waals surface area (Å²) in [6.45, 7) is 2.71. The number of amides is 1. The van der Waals surface area contributed by atoms with Gasteiger partial charge in [-0.3, -0.25) is 4.79 Å².